The first-order valence-corrected chi connectivity index (χ1v) is 3.42. The minimum atomic E-state index is 0.917. The first kappa shape index (κ1) is 7.58. The van der Waals surface area contributed by atoms with Crippen molar-refractivity contribution in [2.75, 3.05) is 5.75 Å². The van der Waals surface area contributed by atoms with Gasteiger partial charge in [-0.15, -0.1) is 11.8 Å². The Morgan fingerprint density at radius 2 is 2.50 bits per heavy atom. The summed E-state index contributed by atoms with van der Waals surface area (Å²) in [4.78, 5) is 0. The summed E-state index contributed by atoms with van der Waals surface area (Å²) in [6, 6.07) is 1.90. The van der Waals surface area contributed by atoms with E-state index in [1.54, 1.807) is 17.2 Å². The standard InChI is InChI=1S/C6H8NS/c1-2-5-8-6-3-4-7/h3,6H,1-2,5H2. The fourth-order valence-electron chi connectivity index (χ4n) is 0.230. The van der Waals surface area contributed by atoms with E-state index >= 15 is 0 Å². The number of hydrogen-bond donors (Lipinski definition) is 0. The van der Waals surface area contributed by atoms with Crippen LogP contribution in [-0.4, -0.2) is 5.75 Å². The summed E-state index contributed by atoms with van der Waals surface area (Å²) >= 11 is 1.61. The van der Waals surface area contributed by atoms with Gasteiger partial charge in [0.15, 0.2) is 0 Å². The summed E-state index contributed by atoms with van der Waals surface area (Å²) in [6.45, 7) is 3.65. The quantitative estimate of drug-likeness (QED) is 0.426. The van der Waals surface area contributed by atoms with Crippen molar-refractivity contribution < 1.29 is 0 Å². The van der Waals surface area contributed by atoms with E-state index < -0.39 is 0 Å². The molecule has 2 heteroatoms. The molecule has 0 unspecified atom stereocenters. The van der Waals surface area contributed by atoms with Gasteiger partial charge in [0.05, 0.1) is 6.07 Å². The molecular weight excluding hydrogens is 118 g/mol. The molecule has 0 aromatic heterocycles. The third-order valence-corrected chi connectivity index (χ3v) is 1.35. The van der Waals surface area contributed by atoms with E-state index in [1.165, 1.54) is 6.08 Å². The van der Waals surface area contributed by atoms with Crippen LogP contribution in [0.1, 0.15) is 6.42 Å². The third kappa shape index (κ3) is 5.58. The Labute approximate surface area is 54.4 Å². The van der Waals surface area contributed by atoms with E-state index in [0.29, 0.717) is 0 Å². The van der Waals surface area contributed by atoms with Gasteiger partial charge in [0.2, 0.25) is 0 Å². The average molecular weight is 126 g/mol. The monoisotopic (exact) mass is 126 g/mol. The minimum absolute atomic E-state index is 0.917. The molecule has 43 valence electrons. The van der Waals surface area contributed by atoms with Gasteiger partial charge < -0.3 is 0 Å². The minimum Gasteiger partial charge on any atom is -0.193 e. The molecule has 0 heterocycles. The number of nitrogens with zero attached hydrogens (tertiary/aromatic N) is 1. The van der Waals surface area contributed by atoms with Gasteiger partial charge in [0.25, 0.3) is 0 Å². The predicted octanol–water partition coefficient (Wildman–Crippen LogP) is 1.98. The predicted molar refractivity (Wildman–Crippen MR) is 37.2 cm³/mol. The van der Waals surface area contributed by atoms with Crippen molar-refractivity contribution in [2.24, 2.45) is 0 Å². The average Bonchev–Trinajstić information content (AvgIpc) is 1.81. The van der Waals surface area contributed by atoms with Crippen LogP contribution in [0.15, 0.2) is 11.5 Å². The maximum absolute atomic E-state index is 8.00. The number of nitriles is 1. The lowest BCUT2D eigenvalue weighted by Crippen LogP contribution is -1.66. The van der Waals surface area contributed by atoms with Gasteiger partial charge in [-0.2, -0.15) is 5.26 Å². The summed E-state index contributed by atoms with van der Waals surface area (Å²) in [7, 11) is 0. The molecule has 0 aromatic rings. The maximum Gasteiger partial charge on any atom is 0.0917 e. The lowest BCUT2D eigenvalue weighted by atomic mass is 10.6. The van der Waals surface area contributed by atoms with Crippen LogP contribution < -0.4 is 0 Å². The van der Waals surface area contributed by atoms with Crippen LogP contribution in [0.4, 0.5) is 0 Å². The molecular formula is C6H8NS. The Hall–Kier alpha value is -0.420. The Bertz CT molecular complexity index is 102. The molecule has 0 aliphatic heterocycles. The smallest absolute Gasteiger partial charge is 0.0917 e. The Kier molecular flexibility index (Phi) is 6.23. The molecule has 0 saturated heterocycles. The van der Waals surface area contributed by atoms with Crippen LogP contribution in [0.5, 0.6) is 0 Å². The highest BCUT2D eigenvalue weighted by Gasteiger charge is 1.74. The highest BCUT2D eigenvalue weighted by atomic mass is 32.2. The second-order valence-corrected chi connectivity index (χ2v) is 2.17. The van der Waals surface area contributed by atoms with Crippen molar-refractivity contribution in [1.82, 2.24) is 0 Å². The van der Waals surface area contributed by atoms with Crippen LogP contribution in [0.2, 0.25) is 0 Å². The molecule has 0 N–H and O–H groups in total. The molecule has 1 nitrogen and oxygen atoms in total. The number of allylic oxidation sites excluding steroid dienone is 1. The van der Waals surface area contributed by atoms with Gasteiger partial charge in [-0.3, -0.25) is 0 Å². The van der Waals surface area contributed by atoms with Crippen molar-refractivity contribution in [3.8, 4) is 6.07 Å². The van der Waals surface area contributed by atoms with Gasteiger partial charge in [-0.05, 0) is 17.6 Å². The van der Waals surface area contributed by atoms with E-state index in [9.17, 15) is 0 Å². The molecule has 0 spiro atoms. The van der Waals surface area contributed by atoms with Gasteiger partial charge in [-0.25, -0.2) is 0 Å². The van der Waals surface area contributed by atoms with Crippen molar-refractivity contribution in [3.63, 3.8) is 0 Å². The normalized spacial score (nSPS) is 9.50. The molecule has 0 bridgehead atoms. The lowest BCUT2D eigenvalue weighted by molar-refractivity contribution is 1.25. The zero-order valence-corrected chi connectivity index (χ0v) is 5.45. The van der Waals surface area contributed by atoms with Gasteiger partial charge in [0.1, 0.15) is 0 Å². The van der Waals surface area contributed by atoms with E-state index in [4.69, 9.17) is 5.26 Å². The highest BCUT2D eigenvalue weighted by molar-refractivity contribution is 8.02. The zero-order valence-electron chi connectivity index (χ0n) is 4.63. The van der Waals surface area contributed by atoms with Crippen LogP contribution in [0.3, 0.4) is 0 Å². The Balaban J connectivity index is 2.94. The topological polar surface area (TPSA) is 23.8 Å². The Morgan fingerprint density at radius 3 is 3.00 bits per heavy atom. The molecule has 0 amide bonds. The SMILES string of the molecule is [CH2]CCSC=CC#N. The van der Waals surface area contributed by atoms with Gasteiger partial charge in [0, 0.05) is 6.08 Å². The first-order valence-electron chi connectivity index (χ1n) is 2.37. The van der Waals surface area contributed by atoms with Crippen molar-refractivity contribution in [2.45, 2.75) is 6.42 Å². The van der Waals surface area contributed by atoms with E-state index in [2.05, 4.69) is 6.92 Å². The number of thioether (sulfide) groups is 1. The van der Waals surface area contributed by atoms with Gasteiger partial charge in [-0.1, -0.05) is 6.92 Å². The second kappa shape index (κ2) is 6.58. The molecule has 0 atom stereocenters. The van der Waals surface area contributed by atoms with E-state index in [1.807, 2.05) is 6.07 Å². The molecule has 0 aliphatic rings. The summed E-state index contributed by atoms with van der Waals surface area (Å²) in [5, 5.41) is 9.78. The zero-order chi connectivity index (χ0) is 6.24. The van der Waals surface area contributed by atoms with Crippen molar-refractivity contribution in [1.29, 1.82) is 5.26 Å². The largest absolute Gasteiger partial charge is 0.193 e. The fraction of sp³-hybridized carbons (Fsp3) is 0.333. The molecule has 1 radical (unpaired) electrons. The summed E-state index contributed by atoms with van der Waals surface area (Å²) in [5.41, 5.74) is 0. The first-order chi connectivity index (χ1) is 3.91. The van der Waals surface area contributed by atoms with E-state index in [0.717, 1.165) is 12.2 Å². The molecule has 8 heavy (non-hydrogen) atoms. The summed E-state index contributed by atoms with van der Waals surface area (Å²) in [6.07, 6.45) is 2.39. The number of hydrogen-bond acceptors (Lipinski definition) is 2. The van der Waals surface area contributed by atoms with Gasteiger partial charge >= 0.3 is 0 Å². The van der Waals surface area contributed by atoms with Crippen LogP contribution in [0, 0.1) is 18.3 Å². The van der Waals surface area contributed by atoms with Crippen molar-refractivity contribution in [3.05, 3.63) is 18.4 Å². The Morgan fingerprint density at radius 1 is 1.75 bits per heavy atom. The third-order valence-electron chi connectivity index (χ3n) is 0.501. The molecule has 0 aromatic carbocycles. The second-order valence-electron chi connectivity index (χ2n) is 1.16. The van der Waals surface area contributed by atoms with Crippen LogP contribution in [0.25, 0.3) is 0 Å². The molecule has 0 aliphatic carbocycles. The molecule has 0 saturated carbocycles. The van der Waals surface area contributed by atoms with Crippen LogP contribution >= 0.6 is 11.8 Å². The molecule has 0 rings (SSSR count). The van der Waals surface area contributed by atoms with Crippen molar-refractivity contribution >= 4 is 11.8 Å². The lowest BCUT2D eigenvalue weighted by Gasteiger charge is -1.83. The summed E-state index contributed by atoms with van der Waals surface area (Å²) in [5.74, 6) is 0.998. The van der Waals surface area contributed by atoms with E-state index in [-0.39, 0.29) is 0 Å². The summed E-state index contributed by atoms with van der Waals surface area (Å²) < 4.78 is 0. The highest BCUT2D eigenvalue weighted by Crippen LogP contribution is 2.01. The maximum atomic E-state index is 8.00. The number of rotatable bonds is 3. The van der Waals surface area contributed by atoms with Crippen LogP contribution in [-0.2, 0) is 0 Å². The molecule has 0 fully saturated rings. The fourth-order valence-corrected chi connectivity index (χ4v) is 0.690.